The highest BCUT2D eigenvalue weighted by Crippen LogP contribution is 2.34. The van der Waals surface area contributed by atoms with Crippen LogP contribution in [0.3, 0.4) is 0 Å². The molecule has 38 heavy (non-hydrogen) atoms. The molecule has 3 saturated heterocycles. The summed E-state index contributed by atoms with van der Waals surface area (Å²) in [7, 11) is 0. The van der Waals surface area contributed by atoms with Crippen molar-refractivity contribution in [2.24, 2.45) is 0 Å². The number of nitrogens with zero attached hydrogens (tertiary/aromatic N) is 5. The van der Waals surface area contributed by atoms with Crippen molar-refractivity contribution in [2.75, 3.05) is 44.2 Å². The van der Waals surface area contributed by atoms with Crippen LogP contribution in [0, 0.1) is 6.92 Å². The standard InChI is InChI=1S/C27H37FN6O4/c1-18-15-34(23-21(18)13-20(14-29-23)33-10-6-22(35)30-24(33)36)19-5-9-31(16-19)17-27(28)7-11-32(12-8-27)25(37)38-26(2,3)4/h13-15,19H,5-12,16-17H2,1-4H3,(H,30,35,36)/t19-/m1/s1. The summed E-state index contributed by atoms with van der Waals surface area (Å²) in [5.74, 6) is -0.267. The molecular weight excluding hydrogens is 491 g/mol. The van der Waals surface area contributed by atoms with E-state index in [1.165, 1.54) is 4.90 Å². The smallest absolute Gasteiger partial charge is 0.410 e. The molecule has 0 aromatic carbocycles. The van der Waals surface area contributed by atoms with Crippen molar-refractivity contribution in [3.05, 3.63) is 24.0 Å². The van der Waals surface area contributed by atoms with Crippen molar-refractivity contribution >= 4 is 34.8 Å². The van der Waals surface area contributed by atoms with E-state index in [-0.39, 0.29) is 24.5 Å². The van der Waals surface area contributed by atoms with Crippen molar-refractivity contribution in [3.63, 3.8) is 0 Å². The molecule has 0 radical (unpaired) electrons. The van der Waals surface area contributed by atoms with Crippen LogP contribution >= 0.6 is 0 Å². The molecule has 206 valence electrons. The minimum absolute atomic E-state index is 0.172. The van der Waals surface area contributed by atoms with Crippen LogP contribution in [0.2, 0.25) is 0 Å². The van der Waals surface area contributed by atoms with E-state index in [1.54, 1.807) is 11.1 Å². The molecule has 5 rings (SSSR count). The zero-order chi connectivity index (χ0) is 27.2. The number of aryl methyl sites for hydroxylation is 1. The number of likely N-dealkylation sites (tertiary alicyclic amines) is 2. The van der Waals surface area contributed by atoms with E-state index in [9.17, 15) is 14.4 Å². The van der Waals surface area contributed by atoms with Crippen molar-refractivity contribution in [3.8, 4) is 0 Å². The molecule has 1 N–H and O–H groups in total. The van der Waals surface area contributed by atoms with E-state index >= 15 is 4.39 Å². The van der Waals surface area contributed by atoms with Crippen molar-refractivity contribution in [2.45, 2.75) is 70.7 Å². The zero-order valence-corrected chi connectivity index (χ0v) is 22.6. The number of imide groups is 1. The van der Waals surface area contributed by atoms with Gasteiger partial charge in [0.15, 0.2) is 0 Å². The third kappa shape index (κ3) is 5.48. The minimum atomic E-state index is -1.33. The molecule has 3 aliphatic heterocycles. The van der Waals surface area contributed by atoms with Crippen molar-refractivity contribution in [1.29, 1.82) is 0 Å². The van der Waals surface area contributed by atoms with E-state index in [2.05, 4.69) is 21.0 Å². The van der Waals surface area contributed by atoms with Crippen molar-refractivity contribution in [1.82, 2.24) is 24.7 Å². The van der Waals surface area contributed by atoms with Gasteiger partial charge >= 0.3 is 12.1 Å². The average Bonchev–Trinajstić information content (AvgIpc) is 3.42. The number of hydrogen-bond acceptors (Lipinski definition) is 6. The monoisotopic (exact) mass is 528 g/mol. The van der Waals surface area contributed by atoms with Crippen molar-refractivity contribution < 1.29 is 23.5 Å². The second-order valence-corrected chi connectivity index (χ2v) is 11.8. The van der Waals surface area contributed by atoms with Gasteiger partial charge in [0.2, 0.25) is 5.91 Å². The predicted molar refractivity (Wildman–Crippen MR) is 141 cm³/mol. The highest BCUT2D eigenvalue weighted by Gasteiger charge is 2.40. The Hall–Kier alpha value is -3.21. The number of pyridine rings is 1. The summed E-state index contributed by atoms with van der Waals surface area (Å²) >= 11 is 0. The Bertz CT molecular complexity index is 1250. The third-order valence-corrected chi connectivity index (χ3v) is 7.68. The first-order valence-electron chi connectivity index (χ1n) is 13.4. The van der Waals surface area contributed by atoms with Gasteiger partial charge in [-0.1, -0.05) is 0 Å². The Labute approximate surface area is 222 Å². The Morgan fingerprint density at radius 3 is 2.63 bits per heavy atom. The van der Waals surface area contributed by atoms with Crippen LogP contribution in [0.15, 0.2) is 18.5 Å². The number of anilines is 1. The number of carbonyl (C=O) groups excluding carboxylic acids is 3. The topological polar surface area (TPSA) is 100 Å². The fourth-order valence-corrected chi connectivity index (χ4v) is 5.68. The molecule has 1 atom stereocenters. The number of alkyl halides is 1. The maximum absolute atomic E-state index is 15.8. The van der Waals surface area contributed by atoms with E-state index in [0.29, 0.717) is 44.7 Å². The molecule has 5 heterocycles. The SMILES string of the molecule is Cc1cn([C@@H]2CCN(CC3(F)CCN(C(=O)OC(C)(C)C)CC3)C2)c2ncc(N3CCC(=O)NC3=O)cc12. The molecule has 0 saturated carbocycles. The second kappa shape index (κ2) is 9.83. The summed E-state index contributed by atoms with van der Waals surface area (Å²) in [5, 5.41) is 3.31. The van der Waals surface area contributed by atoms with E-state index in [0.717, 1.165) is 36.1 Å². The highest BCUT2D eigenvalue weighted by atomic mass is 19.1. The molecule has 0 unspecified atom stereocenters. The zero-order valence-electron chi connectivity index (χ0n) is 22.6. The number of halogens is 1. The van der Waals surface area contributed by atoms with Gasteiger partial charge in [-0.2, -0.15) is 0 Å². The number of nitrogens with one attached hydrogen (secondary N) is 1. The number of fused-ring (bicyclic) bond motifs is 1. The summed E-state index contributed by atoms with van der Waals surface area (Å²) < 4.78 is 23.4. The third-order valence-electron chi connectivity index (χ3n) is 7.68. The molecule has 10 nitrogen and oxygen atoms in total. The van der Waals surface area contributed by atoms with Gasteiger partial charge in [0.25, 0.3) is 0 Å². The number of amides is 4. The maximum atomic E-state index is 15.8. The maximum Gasteiger partial charge on any atom is 0.410 e. The Balaban J connectivity index is 1.22. The summed E-state index contributed by atoms with van der Waals surface area (Å²) in [5.41, 5.74) is 0.663. The predicted octanol–water partition coefficient (Wildman–Crippen LogP) is 3.78. The van der Waals surface area contributed by atoms with Gasteiger partial charge in [-0.25, -0.2) is 19.0 Å². The van der Waals surface area contributed by atoms with Gasteiger partial charge in [0.05, 0.1) is 11.9 Å². The molecule has 0 bridgehead atoms. The van der Waals surface area contributed by atoms with Crippen LogP contribution in [-0.4, -0.2) is 87.9 Å². The number of piperidine rings is 1. The van der Waals surface area contributed by atoms with Gasteiger partial charge in [0.1, 0.15) is 16.9 Å². The largest absolute Gasteiger partial charge is 0.444 e. The number of aromatic nitrogens is 2. The lowest BCUT2D eigenvalue weighted by atomic mass is 9.93. The lowest BCUT2D eigenvalue weighted by molar-refractivity contribution is -0.120. The fraction of sp³-hybridized carbons (Fsp3) is 0.630. The summed E-state index contributed by atoms with van der Waals surface area (Å²) in [4.78, 5) is 46.1. The van der Waals surface area contributed by atoms with Gasteiger partial charge in [0, 0.05) is 76.2 Å². The first-order valence-corrected chi connectivity index (χ1v) is 13.4. The van der Waals surface area contributed by atoms with Gasteiger partial charge in [-0.15, -0.1) is 0 Å². The van der Waals surface area contributed by atoms with Crippen LogP contribution in [0.25, 0.3) is 11.0 Å². The fourth-order valence-electron chi connectivity index (χ4n) is 5.68. The number of urea groups is 1. The molecular formula is C27H37FN6O4. The molecule has 4 amide bonds. The molecule has 2 aromatic heterocycles. The minimum Gasteiger partial charge on any atom is -0.444 e. The van der Waals surface area contributed by atoms with E-state index in [1.807, 2.05) is 33.8 Å². The lowest BCUT2D eigenvalue weighted by Crippen LogP contribution is -2.50. The van der Waals surface area contributed by atoms with Crippen LogP contribution in [0.4, 0.5) is 19.7 Å². The average molecular weight is 529 g/mol. The van der Waals surface area contributed by atoms with E-state index in [4.69, 9.17) is 9.72 Å². The molecule has 3 fully saturated rings. The Morgan fingerprint density at radius 2 is 1.95 bits per heavy atom. The van der Waals surface area contributed by atoms with Crippen LogP contribution in [-0.2, 0) is 9.53 Å². The van der Waals surface area contributed by atoms with Crippen LogP contribution in [0.5, 0.6) is 0 Å². The molecule has 0 aliphatic carbocycles. The molecule has 2 aromatic rings. The Kier molecular flexibility index (Phi) is 6.83. The molecule has 0 spiro atoms. The van der Waals surface area contributed by atoms with Crippen LogP contribution in [0.1, 0.15) is 58.1 Å². The Morgan fingerprint density at radius 1 is 1.21 bits per heavy atom. The summed E-state index contributed by atoms with van der Waals surface area (Å²) in [6.45, 7) is 10.4. The highest BCUT2D eigenvalue weighted by molar-refractivity contribution is 6.06. The quantitative estimate of drug-likeness (QED) is 0.649. The number of hydrogen-bond donors (Lipinski definition) is 1. The number of carbonyl (C=O) groups is 3. The normalized spacial score (nSPS) is 22.7. The summed E-state index contributed by atoms with van der Waals surface area (Å²) in [6.07, 6.45) is 5.15. The lowest BCUT2D eigenvalue weighted by Gasteiger charge is -2.38. The van der Waals surface area contributed by atoms with Gasteiger partial charge < -0.3 is 14.2 Å². The second-order valence-electron chi connectivity index (χ2n) is 11.8. The first-order chi connectivity index (χ1) is 17.9. The van der Waals surface area contributed by atoms with Crippen LogP contribution < -0.4 is 10.2 Å². The van der Waals surface area contributed by atoms with Gasteiger partial charge in [-0.05, 0) is 45.7 Å². The van der Waals surface area contributed by atoms with E-state index < -0.39 is 17.3 Å². The number of ether oxygens (including phenoxy) is 1. The summed E-state index contributed by atoms with van der Waals surface area (Å²) in [6, 6.07) is 1.69. The number of rotatable bonds is 4. The molecule has 11 heteroatoms. The van der Waals surface area contributed by atoms with Gasteiger partial charge in [-0.3, -0.25) is 19.9 Å². The first kappa shape index (κ1) is 26.4. The molecule has 3 aliphatic rings.